The normalized spacial score (nSPS) is 15.8. The molecule has 2 unspecified atom stereocenters. The highest BCUT2D eigenvalue weighted by Crippen LogP contribution is 2.24. The highest BCUT2D eigenvalue weighted by molar-refractivity contribution is 7.91. The van der Waals surface area contributed by atoms with Gasteiger partial charge in [0.1, 0.15) is 5.82 Å². The topological polar surface area (TPSA) is 60.2 Å². The van der Waals surface area contributed by atoms with Crippen molar-refractivity contribution >= 4 is 21.4 Å². The number of benzene rings is 1. The molecular weight excluding hydrogens is 253 g/mol. The molecule has 1 rings (SSSR count). The summed E-state index contributed by atoms with van der Waals surface area (Å²) in [5.74, 6) is -0.587. The SMILES string of the molecule is CC(C(N)c1ccc(Cl)cc1F)S(C)(=O)=O. The zero-order valence-electron chi connectivity index (χ0n) is 8.94. The highest BCUT2D eigenvalue weighted by Gasteiger charge is 2.26. The molecule has 2 atom stereocenters. The van der Waals surface area contributed by atoms with Crippen molar-refractivity contribution in [1.82, 2.24) is 0 Å². The zero-order valence-corrected chi connectivity index (χ0v) is 10.5. The van der Waals surface area contributed by atoms with Crippen LogP contribution in [0.3, 0.4) is 0 Å². The summed E-state index contributed by atoms with van der Waals surface area (Å²) in [7, 11) is -3.30. The number of sulfone groups is 1. The van der Waals surface area contributed by atoms with Gasteiger partial charge >= 0.3 is 0 Å². The maximum absolute atomic E-state index is 13.5. The first-order valence-corrected chi connectivity index (χ1v) is 6.96. The lowest BCUT2D eigenvalue weighted by Gasteiger charge is -2.19. The third-order valence-electron chi connectivity index (χ3n) is 2.50. The maximum Gasteiger partial charge on any atom is 0.151 e. The highest BCUT2D eigenvalue weighted by atomic mass is 35.5. The van der Waals surface area contributed by atoms with Crippen LogP contribution >= 0.6 is 11.6 Å². The van der Waals surface area contributed by atoms with Gasteiger partial charge in [-0.05, 0) is 19.1 Å². The zero-order chi connectivity index (χ0) is 12.5. The van der Waals surface area contributed by atoms with Crippen molar-refractivity contribution in [2.24, 2.45) is 5.73 Å². The van der Waals surface area contributed by atoms with E-state index >= 15 is 0 Å². The summed E-state index contributed by atoms with van der Waals surface area (Å²) >= 11 is 5.59. The Labute approximate surface area is 99.3 Å². The largest absolute Gasteiger partial charge is 0.323 e. The molecule has 6 heteroatoms. The molecule has 0 aliphatic carbocycles. The second-order valence-electron chi connectivity index (χ2n) is 3.73. The van der Waals surface area contributed by atoms with Gasteiger partial charge in [0, 0.05) is 22.9 Å². The molecule has 0 aliphatic rings. The average molecular weight is 266 g/mol. The van der Waals surface area contributed by atoms with E-state index in [-0.39, 0.29) is 10.6 Å². The molecule has 0 bridgehead atoms. The number of nitrogens with two attached hydrogens (primary N) is 1. The maximum atomic E-state index is 13.5. The van der Waals surface area contributed by atoms with Crippen LogP contribution in [-0.4, -0.2) is 19.9 Å². The van der Waals surface area contributed by atoms with E-state index in [9.17, 15) is 12.8 Å². The summed E-state index contributed by atoms with van der Waals surface area (Å²) in [5, 5.41) is -0.594. The van der Waals surface area contributed by atoms with Gasteiger partial charge in [-0.15, -0.1) is 0 Å². The van der Waals surface area contributed by atoms with Crippen molar-refractivity contribution in [3.05, 3.63) is 34.6 Å². The van der Waals surface area contributed by atoms with E-state index in [4.69, 9.17) is 17.3 Å². The Morgan fingerprint density at radius 1 is 1.44 bits per heavy atom. The van der Waals surface area contributed by atoms with Crippen LogP contribution < -0.4 is 5.73 Å². The van der Waals surface area contributed by atoms with Gasteiger partial charge in [0.2, 0.25) is 0 Å². The predicted molar refractivity (Wildman–Crippen MR) is 62.6 cm³/mol. The lowest BCUT2D eigenvalue weighted by molar-refractivity contribution is 0.550. The molecule has 16 heavy (non-hydrogen) atoms. The Kier molecular flexibility index (Phi) is 3.93. The number of hydrogen-bond acceptors (Lipinski definition) is 3. The number of hydrogen-bond donors (Lipinski definition) is 1. The summed E-state index contributed by atoms with van der Waals surface area (Å²) < 4.78 is 36.1. The molecule has 0 saturated carbocycles. The van der Waals surface area contributed by atoms with Crippen molar-refractivity contribution in [3.63, 3.8) is 0 Å². The second kappa shape index (κ2) is 4.69. The summed E-state index contributed by atoms with van der Waals surface area (Å²) in [6.45, 7) is 1.45. The van der Waals surface area contributed by atoms with Crippen molar-refractivity contribution in [2.75, 3.05) is 6.26 Å². The molecule has 3 nitrogen and oxygen atoms in total. The van der Waals surface area contributed by atoms with E-state index < -0.39 is 26.9 Å². The van der Waals surface area contributed by atoms with Crippen LogP contribution in [-0.2, 0) is 9.84 Å². The quantitative estimate of drug-likeness (QED) is 0.908. The Morgan fingerprint density at radius 3 is 2.44 bits per heavy atom. The third kappa shape index (κ3) is 2.93. The number of halogens is 2. The van der Waals surface area contributed by atoms with E-state index in [1.54, 1.807) is 0 Å². The molecule has 0 fully saturated rings. The predicted octanol–water partition coefficient (Wildman–Crippen LogP) is 1.91. The van der Waals surface area contributed by atoms with Gasteiger partial charge in [-0.25, -0.2) is 12.8 Å². The van der Waals surface area contributed by atoms with E-state index in [1.807, 2.05) is 0 Å². The molecule has 0 heterocycles. The first kappa shape index (κ1) is 13.4. The fourth-order valence-corrected chi connectivity index (χ4v) is 2.13. The van der Waals surface area contributed by atoms with Gasteiger partial charge in [-0.3, -0.25) is 0 Å². The molecule has 2 N–H and O–H groups in total. The molecule has 1 aromatic rings. The third-order valence-corrected chi connectivity index (χ3v) is 4.38. The molecule has 0 amide bonds. The van der Waals surface area contributed by atoms with Crippen molar-refractivity contribution in [3.8, 4) is 0 Å². The van der Waals surface area contributed by atoms with E-state index in [0.29, 0.717) is 0 Å². The minimum Gasteiger partial charge on any atom is -0.323 e. The van der Waals surface area contributed by atoms with Crippen LogP contribution in [0.15, 0.2) is 18.2 Å². The lowest BCUT2D eigenvalue weighted by atomic mass is 10.0. The van der Waals surface area contributed by atoms with Gasteiger partial charge in [0.15, 0.2) is 9.84 Å². The fourth-order valence-electron chi connectivity index (χ4n) is 1.29. The van der Waals surface area contributed by atoms with Crippen LogP contribution in [0.5, 0.6) is 0 Å². The minimum absolute atomic E-state index is 0.155. The Hall–Kier alpha value is -0.650. The Bertz CT molecular complexity index is 490. The van der Waals surface area contributed by atoms with Crippen LogP contribution in [0.2, 0.25) is 5.02 Å². The Balaban J connectivity index is 3.10. The molecule has 0 aliphatic heterocycles. The van der Waals surface area contributed by atoms with Gasteiger partial charge in [-0.2, -0.15) is 0 Å². The summed E-state index contributed by atoms with van der Waals surface area (Å²) in [4.78, 5) is 0. The molecule has 1 aromatic carbocycles. The number of rotatable bonds is 3. The van der Waals surface area contributed by atoms with Gasteiger partial charge < -0.3 is 5.73 Å². The average Bonchev–Trinajstić information content (AvgIpc) is 2.14. The van der Waals surface area contributed by atoms with Crippen molar-refractivity contribution in [1.29, 1.82) is 0 Å². The molecule has 0 radical (unpaired) electrons. The van der Waals surface area contributed by atoms with Gasteiger partial charge in [0.25, 0.3) is 0 Å². The van der Waals surface area contributed by atoms with Gasteiger partial charge in [0.05, 0.1) is 5.25 Å². The Morgan fingerprint density at radius 2 is 2.00 bits per heavy atom. The van der Waals surface area contributed by atoms with Crippen LogP contribution in [0, 0.1) is 5.82 Å². The van der Waals surface area contributed by atoms with E-state index in [2.05, 4.69) is 0 Å². The van der Waals surface area contributed by atoms with Crippen molar-refractivity contribution in [2.45, 2.75) is 18.2 Å². The first-order valence-electron chi connectivity index (χ1n) is 4.63. The van der Waals surface area contributed by atoms with E-state index in [0.717, 1.165) is 12.3 Å². The van der Waals surface area contributed by atoms with E-state index in [1.165, 1.54) is 19.1 Å². The summed E-state index contributed by atoms with van der Waals surface area (Å²) in [6, 6.07) is 3.11. The summed E-state index contributed by atoms with van der Waals surface area (Å²) in [6.07, 6.45) is 1.07. The molecule has 0 spiro atoms. The van der Waals surface area contributed by atoms with Crippen molar-refractivity contribution < 1.29 is 12.8 Å². The smallest absolute Gasteiger partial charge is 0.151 e. The molecular formula is C10H13ClFNO2S. The molecule has 0 saturated heterocycles. The van der Waals surface area contributed by atoms with Crippen LogP contribution in [0.1, 0.15) is 18.5 Å². The molecule has 0 aromatic heterocycles. The monoisotopic (exact) mass is 265 g/mol. The minimum atomic E-state index is -3.30. The van der Waals surface area contributed by atoms with Gasteiger partial charge in [-0.1, -0.05) is 17.7 Å². The second-order valence-corrected chi connectivity index (χ2v) is 6.57. The standard InChI is InChI=1S/C10H13ClFNO2S/c1-6(16(2,14)15)10(13)8-4-3-7(11)5-9(8)12/h3-6,10H,13H2,1-2H3. The fraction of sp³-hybridized carbons (Fsp3) is 0.400. The lowest BCUT2D eigenvalue weighted by Crippen LogP contribution is -2.31. The summed E-state index contributed by atoms with van der Waals surface area (Å²) in [5.41, 5.74) is 5.87. The molecule has 90 valence electrons. The first-order chi connectivity index (χ1) is 7.23. The van der Waals surface area contributed by atoms with Crippen LogP contribution in [0.25, 0.3) is 0 Å². The van der Waals surface area contributed by atoms with Crippen LogP contribution in [0.4, 0.5) is 4.39 Å².